The Morgan fingerprint density at radius 3 is 1.33 bits per heavy atom. The van der Waals surface area contributed by atoms with Crippen LogP contribution in [0.3, 0.4) is 0 Å². The van der Waals surface area contributed by atoms with Crippen LogP contribution in [0.15, 0.2) is 0 Å². The van der Waals surface area contributed by atoms with Gasteiger partial charge in [-0.15, -0.1) is 34.8 Å². The van der Waals surface area contributed by atoms with E-state index in [9.17, 15) is 0 Å². The van der Waals surface area contributed by atoms with Crippen LogP contribution in [-0.4, -0.2) is 25.4 Å². The van der Waals surface area contributed by atoms with Crippen LogP contribution in [0.2, 0.25) is 0 Å². The molecule has 0 spiro atoms. The van der Waals surface area contributed by atoms with E-state index in [1.54, 1.807) is 0 Å². The molecule has 1 unspecified atom stereocenters. The molecule has 0 aromatic heterocycles. The molecule has 0 rings (SSSR count). The van der Waals surface area contributed by atoms with Gasteiger partial charge in [0.15, 0.2) is 0 Å². The summed E-state index contributed by atoms with van der Waals surface area (Å²) in [4.78, 5) is -0.377. The normalized spacial score (nSPS) is 15.3. The van der Waals surface area contributed by atoms with Crippen LogP contribution in [0, 0.1) is 0 Å². The van der Waals surface area contributed by atoms with E-state index in [-0.39, 0.29) is 9.08 Å². The fraction of sp³-hybridized carbons (Fsp3) is 1.00. The van der Waals surface area contributed by atoms with Crippen molar-refractivity contribution in [2.24, 2.45) is 0 Å². The molecule has 0 aliphatic rings. The summed E-state index contributed by atoms with van der Waals surface area (Å²) in [5.41, 5.74) is 0. The van der Waals surface area contributed by atoms with Crippen molar-refractivity contribution in [1.82, 2.24) is 0 Å². The van der Waals surface area contributed by atoms with Gasteiger partial charge in [-0.25, -0.2) is 0 Å². The van der Waals surface area contributed by atoms with Crippen LogP contribution in [0.5, 0.6) is 0 Å². The zero-order valence-electron chi connectivity index (χ0n) is 3.29. The number of rotatable bonds is 1. The van der Waals surface area contributed by atoms with Crippen molar-refractivity contribution in [1.29, 1.82) is 0 Å². The third-order valence-corrected chi connectivity index (χ3v) is 3.12. The van der Waals surface area contributed by atoms with Crippen molar-refractivity contribution in [2.75, 3.05) is 0 Å². The molecule has 0 radical (unpaired) electrons. The molecule has 0 N–H and O–H groups in total. The van der Waals surface area contributed by atoms with Gasteiger partial charge < -0.3 is 0 Å². The lowest BCUT2D eigenvalue weighted by atomic mass is 10.9. The van der Waals surface area contributed by atoms with E-state index in [4.69, 9.17) is 34.8 Å². The van der Waals surface area contributed by atoms with Gasteiger partial charge in [0.2, 0.25) is 16.3 Å². The lowest BCUT2D eigenvalue weighted by Crippen LogP contribution is -2.06. The summed E-state index contributed by atoms with van der Waals surface area (Å²) in [5.74, 6) is 0. The standard InChI is InChI=1S/C2H2Cl3.Al.2H/c3-1-2(4)5;;;/h1-2H;;;. The largest absolute Gasteiger partial charge is 0.245 e. The average molecular weight is 161 g/mol. The van der Waals surface area contributed by atoms with Gasteiger partial charge in [-0.3, -0.25) is 0 Å². The van der Waals surface area contributed by atoms with E-state index in [2.05, 4.69) is 0 Å². The van der Waals surface area contributed by atoms with Crippen molar-refractivity contribution in [2.45, 2.75) is 9.08 Å². The second-order valence-corrected chi connectivity index (χ2v) is 4.84. The van der Waals surface area contributed by atoms with Crippen molar-refractivity contribution in [3.05, 3.63) is 0 Å². The Balaban J connectivity index is 2.99. The fourth-order valence-electron chi connectivity index (χ4n) is 0. The molecule has 0 saturated heterocycles. The van der Waals surface area contributed by atoms with Crippen molar-refractivity contribution < 1.29 is 0 Å². The molecule has 0 nitrogen and oxygen atoms in total. The van der Waals surface area contributed by atoms with E-state index in [1.807, 2.05) is 0 Å². The Bertz CT molecular complexity index is 29.8. The molecule has 0 saturated carbocycles. The predicted octanol–water partition coefficient (Wildman–Crippen LogP) is 0.988. The summed E-state index contributed by atoms with van der Waals surface area (Å²) in [6.45, 7) is 0. The third kappa shape index (κ3) is 3.59. The van der Waals surface area contributed by atoms with Crippen LogP contribution in [0.25, 0.3) is 0 Å². The van der Waals surface area contributed by atoms with Crippen molar-refractivity contribution in [3.63, 3.8) is 0 Å². The molecule has 0 heterocycles. The van der Waals surface area contributed by atoms with Crippen LogP contribution in [0.4, 0.5) is 0 Å². The summed E-state index contributed by atoms with van der Waals surface area (Å²) in [5, 5.41) is 0. The van der Waals surface area contributed by atoms with E-state index in [1.165, 1.54) is 0 Å². The first-order chi connectivity index (χ1) is 2.64. The van der Waals surface area contributed by atoms with Crippen molar-refractivity contribution in [3.8, 4) is 0 Å². The van der Waals surface area contributed by atoms with Gasteiger partial charge in [-0.2, -0.15) is 0 Å². The Kier molecular flexibility index (Phi) is 4.21. The Labute approximate surface area is 60.2 Å². The molecular weight excluding hydrogens is 157 g/mol. The Morgan fingerprint density at radius 1 is 1.17 bits per heavy atom. The van der Waals surface area contributed by atoms with Gasteiger partial charge in [0.05, 0.1) is 0 Å². The van der Waals surface area contributed by atoms with Gasteiger partial charge in [0, 0.05) is 4.24 Å². The molecule has 0 aliphatic carbocycles. The van der Waals surface area contributed by atoms with Crippen molar-refractivity contribution >= 4 is 51.1 Å². The first kappa shape index (κ1) is 7.40. The smallest absolute Gasteiger partial charge is 0.137 e. The first-order valence-electron chi connectivity index (χ1n) is 1.57. The maximum Gasteiger partial charge on any atom is 0.245 e. The maximum atomic E-state index is 5.41. The highest BCUT2D eigenvalue weighted by Crippen LogP contribution is 2.09. The molecule has 0 fully saturated rings. The van der Waals surface area contributed by atoms with Crippen LogP contribution in [0.1, 0.15) is 0 Å². The molecule has 0 amide bonds. The monoisotopic (exact) mass is 160 g/mol. The topological polar surface area (TPSA) is 0 Å². The summed E-state index contributed by atoms with van der Waals surface area (Å²) in [6, 6.07) is 0. The Hall–Kier alpha value is 1.40. The molecule has 0 bridgehead atoms. The number of halogens is 3. The van der Waals surface area contributed by atoms with Crippen LogP contribution < -0.4 is 0 Å². The SMILES string of the molecule is [AlH2][CH](Cl)C(Cl)Cl. The molecule has 4 heteroatoms. The van der Waals surface area contributed by atoms with E-state index in [0.29, 0.717) is 0 Å². The second-order valence-electron chi connectivity index (χ2n) is 1.01. The van der Waals surface area contributed by atoms with Gasteiger partial charge in [0.25, 0.3) is 0 Å². The lowest BCUT2D eigenvalue weighted by Gasteiger charge is -1.97. The zero-order chi connectivity index (χ0) is 5.15. The minimum atomic E-state index is -0.377. The molecule has 1 atom stereocenters. The predicted molar refractivity (Wildman–Crippen MR) is 33.7 cm³/mol. The summed E-state index contributed by atoms with van der Waals surface area (Å²) in [6.07, 6.45) is 0. The van der Waals surface area contributed by atoms with Crippen LogP contribution >= 0.6 is 34.8 Å². The lowest BCUT2D eigenvalue weighted by molar-refractivity contribution is 1.29. The molecule has 36 valence electrons. The molecule has 0 aliphatic heterocycles. The summed E-state index contributed by atoms with van der Waals surface area (Å²) < 4.78 is -0.00617. The van der Waals surface area contributed by atoms with E-state index in [0.717, 1.165) is 16.3 Å². The highest BCUT2D eigenvalue weighted by atomic mass is 35.5. The molecule has 0 aromatic carbocycles. The minimum Gasteiger partial charge on any atom is -0.137 e. The summed E-state index contributed by atoms with van der Waals surface area (Å²) >= 11 is 16.8. The van der Waals surface area contributed by atoms with Gasteiger partial charge in [0.1, 0.15) is 4.84 Å². The maximum absolute atomic E-state index is 5.41. The average Bonchev–Trinajstić information content (AvgIpc) is 1.36. The highest BCUT2D eigenvalue weighted by molar-refractivity contribution is 6.55. The quantitative estimate of drug-likeness (QED) is 0.397. The molecular formula is C2H4AlCl3. The van der Waals surface area contributed by atoms with Gasteiger partial charge in [-0.1, -0.05) is 0 Å². The molecule has 0 aromatic rings. The van der Waals surface area contributed by atoms with Crippen LogP contribution in [-0.2, 0) is 0 Å². The van der Waals surface area contributed by atoms with Gasteiger partial charge >= 0.3 is 0 Å². The van der Waals surface area contributed by atoms with Gasteiger partial charge in [-0.05, 0) is 0 Å². The first-order valence-corrected chi connectivity index (χ1v) is 4.03. The fourth-order valence-corrected chi connectivity index (χ4v) is 0. The number of hydrogen-bond donors (Lipinski definition) is 0. The number of alkyl halides is 3. The third-order valence-electron chi connectivity index (χ3n) is 0.347. The summed E-state index contributed by atoms with van der Waals surface area (Å²) in [7, 11) is 0. The second kappa shape index (κ2) is 3.41. The Morgan fingerprint density at radius 2 is 1.33 bits per heavy atom. The highest BCUT2D eigenvalue weighted by Gasteiger charge is 2.04. The van der Waals surface area contributed by atoms with E-state index < -0.39 is 0 Å². The zero-order valence-corrected chi connectivity index (χ0v) is 7.56. The molecule has 6 heavy (non-hydrogen) atoms. The minimum absolute atomic E-state index is 0.00617. The van der Waals surface area contributed by atoms with E-state index >= 15 is 0 Å². The number of hydrogen-bond acceptors (Lipinski definition) is 0.